The standard InChI is InChI=1S/C23H22NO4P/c1-28-23(27)24-21(22(25)26)17-29(18-11-5-2-6-12-18,19-13-7-3-8-14-19)20-15-9-4-10-16-20/h2-16,21H,17H2,1H3,(H-,24,25,26,27)/p+1/t21-/m0/s1. The van der Waals surface area contributed by atoms with E-state index in [4.69, 9.17) is 0 Å². The Labute approximate surface area is 170 Å². The van der Waals surface area contributed by atoms with Gasteiger partial charge in [-0.15, -0.1) is 0 Å². The quantitative estimate of drug-likeness (QED) is 0.590. The number of carboxylic acids is 1. The fraction of sp³-hybridized carbons (Fsp3) is 0.130. The number of carbonyl (C=O) groups is 2. The summed E-state index contributed by atoms with van der Waals surface area (Å²) in [6.45, 7) is 0. The molecule has 0 saturated carbocycles. The van der Waals surface area contributed by atoms with E-state index in [-0.39, 0.29) is 6.16 Å². The van der Waals surface area contributed by atoms with Crippen LogP contribution in [0.3, 0.4) is 0 Å². The molecule has 148 valence electrons. The Bertz CT molecular complexity index is 852. The third-order valence-electron chi connectivity index (χ3n) is 4.82. The Balaban J connectivity index is 2.24. The van der Waals surface area contributed by atoms with Crippen molar-refractivity contribution in [2.45, 2.75) is 6.04 Å². The summed E-state index contributed by atoms with van der Waals surface area (Å²) < 4.78 is 4.66. The van der Waals surface area contributed by atoms with Crippen LogP contribution in [0, 0.1) is 0 Å². The molecule has 3 aromatic rings. The van der Waals surface area contributed by atoms with Gasteiger partial charge in [-0.1, -0.05) is 54.6 Å². The van der Waals surface area contributed by atoms with Gasteiger partial charge < -0.3 is 15.2 Å². The van der Waals surface area contributed by atoms with Crippen LogP contribution < -0.4 is 21.2 Å². The lowest BCUT2D eigenvalue weighted by Crippen LogP contribution is -2.48. The minimum atomic E-state index is -2.38. The van der Waals surface area contributed by atoms with E-state index in [1.165, 1.54) is 7.11 Å². The minimum absolute atomic E-state index is 0.232. The molecular weight excluding hydrogens is 385 g/mol. The molecule has 0 spiro atoms. The van der Waals surface area contributed by atoms with Crippen molar-refractivity contribution in [3.63, 3.8) is 0 Å². The van der Waals surface area contributed by atoms with Crippen molar-refractivity contribution in [1.29, 1.82) is 0 Å². The summed E-state index contributed by atoms with van der Waals surface area (Å²) in [6, 6.07) is 28.7. The first kappa shape index (κ1) is 20.6. The van der Waals surface area contributed by atoms with Crippen molar-refractivity contribution in [2.24, 2.45) is 0 Å². The van der Waals surface area contributed by atoms with Gasteiger partial charge in [0.2, 0.25) is 0 Å². The van der Waals surface area contributed by atoms with E-state index in [2.05, 4.69) is 10.1 Å². The lowest BCUT2D eigenvalue weighted by Gasteiger charge is -2.30. The molecule has 1 atom stereocenters. The predicted octanol–water partition coefficient (Wildman–Crippen LogP) is 2.79. The monoisotopic (exact) mass is 408 g/mol. The van der Waals surface area contributed by atoms with Crippen LogP contribution in [0.5, 0.6) is 0 Å². The van der Waals surface area contributed by atoms with Gasteiger partial charge in [-0.2, -0.15) is 0 Å². The Kier molecular flexibility index (Phi) is 6.63. The average Bonchev–Trinajstić information content (AvgIpc) is 2.78. The number of benzene rings is 3. The van der Waals surface area contributed by atoms with Crippen LogP contribution in [-0.4, -0.2) is 36.5 Å². The normalized spacial score (nSPS) is 12.0. The van der Waals surface area contributed by atoms with Crippen LogP contribution in [0.2, 0.25) is 0 Å². The Morgan fingerprint density at radius 2 is 1.21 bits per heavy atom. The Morgan fingerprint density at radius 1 is 0.828 bits per heavy atom. The number of alkyl carbamates (subject to hydrolysis) is 1. The molecule has 2 N–H and O–H groups in total. The lowest BCUT2D eigenvalue weighted by molar-refractivity contribution is -0.138. The van der Waals surface area contributed by atoms with E-state index in [0.29, 0.717) is 0 Å². The van der Waals surface area contributed by atoms with E-state index < -0.39 is 25.4 Å². The first-order valence-electron chi connectivity index (χ1n) is 9.20. The number of hydrogen-bond acceptors (Lipinski definition) is 3. The second kappa shape index (κ2) is 9.35. The summed E-state index contributed by atoms with van der Waals surface area (Å²) in [7, 11) is -1.16. The number of carboxylic acid groups (broad SMARTS) is 1. The first-order valence-corrected chi connectivity index (χ1v) is 11.2. The molecule has 0 aromatic heterocycles. The first-order chi connectivity index (χ1) is 14.1. The molecule has 1 amide bonds. The van der Waals surface area contributed by atoms with Crippen molar-refractivity contribution in [2.75, 3.05) is 13.3 Å². The highest BCUT2D eigenvalue weighted by Gasteiger charge is 2.49. The number of nitrogens with one attached hydrogen (secondary N) is 1. The number of hydrogen-bond donors (Lipinski definition) is 2. The molecule has 0 aliphatic heterocycles. The number of aliphatic carboxylic acids is 1. The lowest BCUT2D eigenvalue weighted by atomic mass is 10.3. The maximum atomic E-state index is 12.1. The van der Waals surface area contributed by atoms with Crippen LogP contribution in [0.1, 0.15) is 0 Å². The third-order valence-corrected chi connectivity index (χ3v) is 9.27. The van der Waals surface area contributed by atoms with Gasteiger partial charge in [0.1, 0.15) is 29.3 Å². The highest BCUT2D eigenvalue weighted by atomic mass is 31.2. The van der Waals surface area contributed by atoms with Crippen LogP contribution in [-0.2, 0) is 9.53 Å². The van der Waals surface area contributed by atoms with Gasteiger partial charge in [-0.3, -0.25) is 0 Å². The minimum Gasteiger partial charge on any atom is -0.480 e. The summed E-state index contributed by atoms with van der Waals surface area (Å²) >= 11 is 0. The largest absolute Gasteiger partial charge is 0.480 e. The molecule has 0 unspecified atom stereocenters. The highest BCUT2D eigenvalue weighted by molar-refractivity contribution is 7.95. The van der Waals surface area contributed by atoms with Gasteiger partial charge in [0.25, 0.3) is 0 Å². The zero-order chi connectivity index (χ0) is 20.7. The fourth-order valence-corrected chi connectivity index (χ4v) is 7.84. The summed E-state index contributed by atoms with van der Waals surface area (Å²) in [5.41, 5.74) is 0. The third kappa shape index (κ3) is 4.47. The van der Waals surface area contributed by atoms with Crippen molar-refractivity contribution in [3.8, 4) is 0 Å². The van der Waals surface area contributed by atoms with Crippen LogP contribution in [0.25, 0.3) is 0 Å². The van der Waals surface area contributed by atoms with Gasteiger partial charge in [0.15, 0.2) is 6.04 Å². The molecule has 29 heavy (non-hydrogen) atoms. The number of methoxy groups -OCH3 is 1. The number of ether oxygens (including phenoxy) is 1. The Hall–Kier alpha value is -3.17. The van der Waals surface area contributed by atoms with Gasteiger partial charge in [-0.05, 0) is 36.4 Å². The van der Waals surface area contributed by atoms with E-state index in [1.807, 2.05) is 91.0 Å². The second-order valence-electron chi connectivity index (χ2n) is 6.53. The van der Waals surface area contributed by atoms with Gasteiger partial charge in [0.05, 0.1) is 7.11 Å². The molecule has 0 aliphatic carbocycles. The maximum absolute atomic E-state index is 12.1. The summed E-state index contributed by atoms with van der Waals surface area (Å²) in [4.78, 5) is 23.9. The van der Waals surface area contributed by atoms with Gasteiger partial charge in [-0.25, -0.2) is 9.59 Å². The van der Waals surface area contributed by atoms with Crippen molar-refractivity contribution >= 4 is 35.2 Å². The zero-order valence-corrected chi connectivity index (χ0v) is 17.0. The average molecular weight is 408 g/mol. The number of rotatable bonds is 7. The maximum Gasteiger partial charge on any atom is 0.407 e. The van der Waals surface area contributed by atoms with Crippen molar-refractivity contribution in [3.05, 3.63) is 91.0 Å². The molecule has 0 aliphatic rings. The topological polar surface area (TPSA) is 75.6 Å². The summed E-state index contributed by atoms with van der Waals surface area (Å²) in [6.07, 6.45) is -0.528. The molecule has 3 rings (SSSR count). The number of amides is 1. The van der Waals surface area contributed by atoms with Gasteiger partial charge >= 0.3 is 12.1 Å². The van der Waals surface area contributed by atoms with E-state index in [0.717, 1.165) is 15.9 Å². The molecule has 3 aromatic carbocycles. The van der Waals surface area contributed by atoms with E-state index in [9.17, 15) is 14.7 Å². The number of carbonyl (C=O) groups excluding carboxylic acids is 1. The van der Waals surface area contributed by atoms with Gasteiger partial charge in [0, 0.05) is 0 Å². The van der Waals surface area contributed by atoms with Crippen LogP contribution >= 0.6 is 7.26 Å². The van der Waals surface area contributed by atoms with E-state index >= 15 is 0 Å². The SMILES string of the molecule is COC(=O)N[C@@H](C[P+](c1ccccc1)(c1ccccc1)c1ccccc1)C(=O)O. The van der Waals surface area contributed by atoms with E-state index in [1.54, 1.807) is 0 Å². The second-order valence-corrected chi connectivity index (χ2v) is 10.1. The molecule has 0 fully saturated rings. The zero-order valence-electron chi connectivity index (χ0n) is 16.1. The fourth-order valence-electron chi connectivity index (χ4n) is 3.47. The molecule has 0 saturated heterocycles. The molecule has 6 heteroatoms. The summed E-state index contributed by atoms with van der Waals surface area (Å²) in [5.74, 6) is -1.09. The highest BCUT2D eigenvalue weighted by Crippen LogP contribution is 2.55. The molecule has 0 bridgehead atoms. The van der Waals surface area contributed by atoms with Crippen molar-refractivity contribution < 1.29 is 19.4 Å². The summed E-state index contributed by atoms with van der Waals surface area (Å²) in [5, 5.41) is 15.5. The Morgan fingerprint density at radius 3 is 1.52 bits per heavy atom. The molecule has 0 radical (unpaired) electrons. The predicted molar refractivity (Wildman–Crippen MR) is 117 cm³/mol. The molecule has 5 nitrogen and oxygen atoms in total. The molecule has 0 heterocycles. The van der Waals surface area contributed by atoms with Crippen LogP contribution in [0.15, 0.2) is 91.0 Å². The smallest absolute Gasteiger partial charge is 0.407 e. The van der Waals surface area contributed by atoms with Crippen LogP contribution in [0.4, 0.5) is 4.79 Å². The van der Waals surface area contributed by atoms with Crippen molar-refractivity contribution in [1.82, 2.24) is 5.32 Å². The molecular formula is C23H23NO4P+.